The van der Waals surface area contributed by atoms with E-state index in [1.54, 1.807) is 0 Å². The Bertz CT molecular complexity index is 586. The van der Waals surface area contributed by atoms with Crippen molar-refractivity contribution in [1.29, 1.82) is 0 Å². The Morgan fingerprint density at radius 2 is 2.09 bits per heavy atom. The van der Waals surface area contributed by atoms with E-state index in [0.29, 0.717) is 47.6 Å². The molecule has 0 radical (unpaired) electrons. The molecule has 23 heavy (non-hydrogen) atoms. The van der Waals surface area contributed by atoms with Crippen molar-refractivity contribution in [3.8, 4) is 0 Å². The lowest BCUT2D eigenvalue weighted by Crippen LogP contribution is -2.63. The molecule has 0 aromatic carbocycles. The molecule has 0 unspecified atom stereocenters. The molecular weight excluding hydrogens is 292 g/mol. The summed E-state index contributed by atoms with van der Waals surface area (Å²) in [7, 11) is 0. The minimum atomic E-state index is -0.104. The summed E-state index contributed by atoms with van der Waals surface area (Å²) in [6.07, 6.45) is 7.34. The van der Waals surface area contributed by atoms with Crippen LogP contribution in [0.1, 0.15) is 61.2 Å². The molecule has 1 aromatic heterocycles. The zero-order valence-corrected chi connectivity index (χ0v) is 14.0. The predicted octanol–water partition coefficient (Wildman–Crippen LogP) is 2.87. The molecule has 3 aliphatic rings. The van der Waals surface area contributed by atoms with E-state index in [2.05, 4.69) is 10.3 Å². The Kier molecular flexibility index (Phi) is 3.92. The van der Waals surface area contributed by atoms with E-state index >= 15 is 0 Å². The minimum absolute atomic E-state index is 0.104. The maximum atomic E-state index is 12.7. The lowest BCUT2D eigenvalue weighted by molar-refractivity contribution is -0.0786. The molecular formula is C18H26N2O3. The first-order valence-electron chi connectivity index (χ1n) is 9.07. The van der Waals surface area contributed by atoms with Gasteiger partial charge in [-0.05, 0) is 19.3 Å². The number of amides is 1. The van der Waals surface area contributed by atoms with E-state index in [4.69, 9.17) is 9.15 Å². The first kappa shape index (κ1) is 15.2. The Hall–Kier alpha value is -1.36. The number of aryl methyl sites for hydroxylation is 2. The maximum Gasteiger partial charge on any atom is 0.289 e. The van der Waals surface area contributed by atoms with Gasteiger partial charge in [0.05, 0.1) is 11.8 Å². The number of carbonyl (C=O) groups excluding carboxylic acids is 1. The molecule has 1 amide bonds. The molecule has 126 valence electrons. The largest absolute Gasteiger partial charge is 0.435 e. The molecule has 1 aromatic rings. The predicted molar refractivity (Wildman–Crippen MR) is 85.2 cm³/mol. The molecule has 4 rings (SSSR count). The van der Waals surface area contributed by atoms with Crippen LogP contribution in [0.3, 0.4) is 0 Å². The highest BCUT2D eigenvalue weighted by Gasteiger charge is 2.57. The summed E-state index contributed by atoms with van der Waals surface area (Å²) in [5, 5.41) is 3.26. The van der Waals surface area contributed by atoms with Crippen molar-refractivity contribution in [3.05, 3.63) is 17.3 Å². The van der Waals surface area contributed by atoms with Gasteiger partial charge in [-0.25, -0.2) is 4.98 Å². The molecule has 4 atom stereocenters. The smallest absolute Gasteiger partial charge is 0.289 e. The van der Waals surface area contributed by atoms with Crippen LogP contribution in [0.25, 0.3) is 0 Å². The fourth-order valence-electron chi connectivity index (χ4n) is 4.89. The van der Waals surface area contributed by atoms with Crippen molar-refractivity contribution in [1.82, 2.24) is 10.3 Å². The average molecular weight is 318 g/mol. The zero-order valence-electron chi connectivity index (χ0n) is 14.0. The van der Waals surface area contributed by atoms with E-state index in [9.17, 15) is 4.79 Å². The molecule has 5 nitrogen and oxygen atoms in total. The van der Waals surface area contributed by atoms with Crippen LogP contribution < -0.4 is 5.32 Å². The Labute approximate surface area is 137 Å². The van der Waals surface area contributed by atoms with E-state index in [1.807, 2.05) is 13.8 Å². The standard InChI is InChI=1S/C18H26N2O3/c1-3-13-19-10(2)16(23-13)18(21)20-15-12-8-9-22-17(12)14(15)11-6-4-5-7-11/h11-12,14-15,17H,3-9H2,1-2H3,(H,20,21)/t12-,14+,15-,17-/m0/s1. The van der Waals surface area contributed by atoms with E-state index in [1.165, 1.54) is 25.7 Å². The Morgan fingerprint density at radius 1 is 1.30 bits per heavy atom. The second-order valence-corrected chi connectivity index (χ2v) is 7.28. The zero-order chi connectivity index (χ0) is 16.0. The number of hydrogen-bond acceptors (Lipinski definition) is 4. The van der Waals surface area contributed by atoms with Crippen molar-refractivity contribution in [2.24, 2.45) is 17.8 Å². The molecule has 2 aliphatic carbocycles. The first-order valence-corrected chi connectivity index (χ1v) is 9.07. The first-order chi connectivity index (χ1) is 11.2. The van der Waals surface area contributed by atoms with Crippen LogP contribution >= 0.6 is 0 Å². The summed E-state index contributed by atoms with van der Waals surface area (Å²) in [6.45, 7) is 4.66. The topological polar surface area (TPSA) is 64.4 Å². The van der Waals surface area contributed by atoms with Crippen molar-refractivity contribution >= 4 is 5.91 Å². The van der Waals surface area contributed by atoms with E-state index in [-0.39, 0.29) is 11.9 Å². The summed E-state index contributed by atoms with van der Waals surface area (Å²) in [5.74, 6) is 2.60. The van der Waals surface area contributed by atoms with Crippen LogP contribution in [0, 0.1) is 24.7 Å². The molecule has 0 spiro atoms. The van der Waals surface area contributed by atoms with Gasteiger partial charge in [0.25, 0.3) is 5.91 Å². The lowest BCUT2D eigenvalue weighted by Gasteiger charge is -2.50. The van der Waals surface area contributed by atoms with Crippen molar-refractivity contribution < 1.29 is 13.9 Å². The Balaban J connectivity index is 1.49. The normalized spacial score (nSPS) is 33.5. The van der Waals surface area contributed by atoms with Crippen molar-refractivity contribution in [3.63, 3.8) is 0 Å². The fraction of sp³-hybridized carbons (Fsp3) is 0.778. The fourth-order valence-corrected chi connectivity index (χ4v) is 4.89. The number of aromatic nitrogens is 1. The molecule has 1 saturated heterocycles. The highest BCUT2D eigenvalue weighted by atomic mass is 16.5. The summed E-state index contributed by atoms with van der Waals surface area (Å²) in [4.78, 5) is 17.0. The van der Waals surface area contributed by atoms with Gasteiger partial charge in [-0.1, -0.05) is 32.6 Å². The number of nitrogens with one attached hydrogen (secondary N) is 1. The third-order valence-corrected chi connectivity index (χ3v) is 6.03. The van der Waals surface area contributed by atoms with Crippen LogP contribution in [0.4, 0.5) is 0 Å². The number of hydrogen-bond donors (Lipinski definition) is 1. The van der Waals surface area contributed by atoms with Gasteiger partial charge in [0.2, 0.25) is 5.76 Å². The number of oxazole rings is 1. The van der Waals surface area contributed by atoms with Crippen molar-refractivity contribution in [2.45, 2.75) is 64.5 Å². The van der Waals surface area contributed by atoms with Crippen LogP contribution in [0.5, 0.6) is 0 Å². The van der Waals surface area contributed by atoms with Crippen LogP contribution in [0.15, 0.2) is 4.42 Å². The van der Waals surface area contributed by atoms with Gasteiger partial charge in [0, 0.05) is 30.9 Å². The van der Waals surface area contributed by atoms with Gasteiger partial charge in [0.15, 0.2) is 5.89 Å². The van der Waals surface area contributed by atoms with Gasteiger partial charge in [0.1, 0.15) is 0 Å². The summed E-state index contributed by atoms with van der Waals surface area (Å²) in [5.41, 5.74) is 0.690. The summed E-state index contributed by atoms with van der Waals surface area (Å²) >= 11 is 0. The molecule has 2 saturated carbocycles. The third kappa shape index (κ3) is 2.49. The summed E-state index contributed by atoms with van der Waals surface area (Å²) in [6, 6.07) is 0.243. The summed E-state index contributed by atoms with van der Waals surface area (Å²) < 4.78 is 11.6. The third-order valence-electron chi connectivity index (χ3n) is 6.03. The minimum Gasteiger partial charge on any atom is -0.435 e. The Morgan fingerprint density at radius 3 is 2.78 bits per heavy atom. The van der Waals surface area contributed by atoms with Gasteiger partial charge in [-0.2, -0.15) is 0 Å². The monoisotopic (exact) mass is 318 g/mol. The number of carbonyl (C=O) groups is 1. The SMILES string of the molecule is CCc1nc(C)c(C(=O)N[C@H]2[C@@H]3CCO[C@@H]3[C@@H]2C2CCCC2)o1. The number of nitrogens with zero attached hydrogens (tertiary/aromatic N) is 1. The molecule has 3 fully saturated rings. The molecule has 0 bridgehead atoms. The molecule has 2 heterocycles. The van der Waals surface area contributed by atoms with Crippen LogP contribution in [0.2, 0.25) is 0 Å². The number of fused-ring (bicyclic) bond motifs is 1. The number of ether oxygens (including phenoxy) is 1. The van der Waals surface area contributed by atoms with Crippen LogP contribution in [-0.4, -0.2) is 29.6 Å². The maximum absolute atomic E-state index is 12.7. The van der Waals surface area contributed by atoms with Gasteiger partial charge < -0.3 is 14.5 Å². The lowest BCUT2D eigenvalue weighted by atomic mass is 9.61. The average Bonchev–Trinajstić information content (AvgIpc) is 3.25. The van der Waals surface area contributed by atoms with E-state index in [0.717, 1.165) is 13.0 Å². The highest BCUT2D eigenvalue weighted by molar-refractivity contribution is 5.92. The van der Waals surface area contributed by atoms with Gasteiger partial charge in [-0.3, -0.25) is 4.79 Å². The van der Waals surface area contributed by atoms with E-state index < -0.39 is 0 Å². The van der Waals surface area contributed by atoms with Gasteiger partial charge >= 0.3 is 0 Å². The van der Waals surface area contributed by atoms with Gasteiger partial charge in [-0.15, -0.1) is 0 Å². The highest BCUT2D eigenvalue weighted by Crippen LogP contribution is 2.51. The molecule has 1 aliphatic heterocycles. The van der Waals surface area contributed by atoms with Crippen LogP contribution in [-0.2, 0) is 11.2 Å². The number of rotatable bonds is 4. The second-order valence-electron chi connectivity index (χ2n) is 7.28. The quantitative estimate of drug-likeness (QED) is 0.927. The molecule has 1 N–H and O–H groups in total. The molecule has 5 heteroatoms. The van der Waals surface area contributed by atoms with Crippen molar-refractivity contribution in [2.75, 3.05) is 6.61 Å². The second kappa shape index (κ2) is 5.93.